The average molecular weight is 301 g/mol. The smallest absolute Gasteiger partial charge is 0.350 e. The van der Waals surface area contributed by atoms with Crippen LogP contribution in [0.2, 0.25) is 0 Å². The molecule has 0 unspecified atom stereocenters. The van der Waals surface area contributed by atoms with Crippen LogP contribution < -0.4 is 5.69 Å². The molecule has 0 aliphatic heterocycles. The average Bonchev–Trinajstić information content (AvgIpc) is 3.14. The van der Waals surface area contributed by atoms with Crippen molar-refractivity contribution in [1.82, 2.24) is 24.3 Å². The van der Waals surface area contributed by atoms with Crippen LogP contribution in [0.15, 0.2) is 27.6 Å². The van der Waals surface area contributed by atoms with Gasteiger partial charge < -0.3 is 9.63 Å². The standard InChI is InChI=1S/C13H11N5O4/c19-10(20)6-18-13(21)17-4-3-8(5-9(17)15-18)12-14-11(16-22-12)7-1-2-7/h3-5,7H,1-2,6H2,(H,19,20). The molecule has 0 aromatic carbocycles. The zero-order valence-electron chi connectivity index (χ0n) is 11.3. The van der Waals surface area contributed by atoms with Crippen LogP contribution >= 0.6 is 0 Å². The summed E-state index contributed by atoms with van der Waals surface area (Å²) in [6.45, 7) is -0.484. The third kappa shape index (κ3) is 2.07. The fourth-order valence-corrected chi connectivity index (χ4v) is 2.24. The molecule has 1 saturated carbocycles. The number of carboxylic acid groups (broad SMARTS) is 1. The lowest BCUT2D eigenvalue weighted by molar-refractivity contribution is -0.137. The largest absolute Gasteiger partial charge is 0.480 e. The Morgan fingerprint density at radius 2 is 2.27 bits per heavy atom. The van der Waals surface area contributed by atoms with E-state index in [4.69, 9.17) is 9.63 Å². The number of carboxylic acids is 1. The molecule has 4 rings (SSSR count). The summed E-state index contributed by atoms with van der Waals surface area (Å²) in [5.74, 6) is 0.323. The van der Waals surface area contributed by atoms with Gasteiger partial charge >= 0.3 is 11.7 Å². The zero-order valence-corrected chi connectivity index (χ0v) is 11.3. The summed E-state index contributed by atoms with van der Waals surface area (Å²) in [7, 11) is 0. The first-order valence-corrected chi connectivity index (χ1v) is 6.77. The number of hydrogen-bond donors (Lipinski definition) is 1. The maximum absolute atomic E-state index is 12.0. The summed E-state index contributed by atoms with van der Waals surface area (Å²) >= 11 is 0. The summed E-state index contributed by atoms with van der Waals surface area (Å²) in [5, 5.41) is 16.7. The Labute approximate surface area is 122 Å². The zero-order chi connectivity index (χ0) is 15.3. The van der Waals surface area contributed by atoms with Crippen LogP contribution in [-0.4, -0.2) is 35.4 Å². The van der Waals surface area contributed by atoms with Crippen LogP contribution in [0.4, 0.5) is 0 Å². The van der Waals surface area contributed by atoms with E-state index in [-0.39, 0.29) is 0 Å². The first kappa shape index (κ1) is 12.7. The molecule has 3 aromatic rings. The summed E-state index contributed by atoms with van der Waals surface area (Å²) in [6.07, 6.45) is 3.67. The molecular formula is C13H11N5O4. The lowest BCUT2D eigenvalue weighted by Gasteiger charge is -1.94. The summed E-state index contributed by atoms with van der Waals surface area (Å²) < 4.78 is 7.39. The quantitative estimate of drug-likeness (QED) is 0.746. The van der Waals surface area contributed by atoms with Crippen LogP contribution in [0.25, 0.3) is 17.1 Å². The molecule has 0 spiro atoms. The molecule has 0 radical (unpaired) electrons. The van der Waals surface area contributed by atoms with Gasteiger partial charge in [-0.25, -0.2) is 9.48 Å². The van der Waals surface area contributed by atoms with E-state index in [9.17, 15) is 9.59 Å². The molecule has 22 heavy (non-hydrogen) atoms. The monoisotopic (exact) mass is 301 g/mol. The van der Waals surface area contributed by atoms with Gasteiger partial charge in [0.1, 0.15) is 6.54 Å². The Hall–Kier alpha value is -2.97. The maximum atomic E-state index is 12.0. The van der Waals surface area contributed by atoms with E-state index < -0.39 is 18.2 Å². The van der Waals surface area contributed by atoms with Gasteiger partial charge in [-0.3, -0.25) is 9.20 Å². The van der Waals surface area contributed by atoms with E-state index in [0.29, 0.717) is 28.8 Å². The highest BCUT2D eigenvalue weighted by Crippen LogP contribution is 2.38. The van der Waals surface area contributed by atoms with Crippen LogP contribution in [-0.2, 0) is 11.3 Å². The lowest BCUT2D eigenvalue weighted by atomic mass is 10.2. The predicted molar refractivity (Wildman–Crippen MR) is 72.4 cm³/mol. The molecule has 9 heteroatoms. The van der Waals surface area contributed by atoms with Gasteiger partial charge in [0.2, 0.25) is 0 Å². The number of hydrogen-bond acceptors (Lipinski definition) is 6. The summed E-state index contributed by atoms with van der Waals surface area (Å²) in [4.78, 5) is 27.0. The Morgan fingerprint density at radius 3 is 3.00 bits per heavy atom. The molecule has 0 saturated heterocycles. The van der Waals surface area contributed by atoms with Gasteiger partial charge in [-0.2, -0.15) is 4.98 Å². The first-order valence-electron chi connectivity index (χ1n) is 6.77. The van der Waals surface area contributed by atoms with Crippen molar-refractivity contribution in [3.8, 4) is 11.5 Å². The predicted octanol–water partition coefficient (Wildman–Crippen LogP) is 0.508. The first-order chi connectivity index (χ1) is 10.6. The number of nitrogens with zero attached hydrogens (tertiary/aromatic N) is 5. The van der Waals surface area contributed by atoms with Crippen LogP contribution in [0.3, 0.4) is 0 Å². The van der Waals surface area contributed by atoms with Crippen molar-refractivity contribution < 1.29 is 14.4 Å². The maximum Gasteiger partial charge on any atom is 0.350 e. The van der Waals surface area contributed by atoms with Gasteiger partial charge in [0, 0.05) is 17.7 Å². The molecule has 0 atom stereocenters. The molecule has 0 amide bonds. The van der Waals surface area contributed by atoms with Gasteiger partial charge in [-0.1, -0.05) is 5.16 Å². The second kappa shape index (κ2) is 4.52. The molecule has 1 aliphatic rings. The van der Waals surface area contributed by atoms with Gasteiger partial charge in [0.05, 0.1) is 0 Å². The highest BCUT2D eigenvalue weighted by atomic mass is 16.5. The third-order valence-corrected chi connectivity index (χ3v) is 3.50. The van der Waals surface area contributed by atoms with Crippen molar-refractivity contribution in [2.24, 2.45) is 0 Å². The molecule has 0 bridgehead atoms. The van der Waals surface area contributed by atoms with Crippen molar-refractivity contribution in [3.05, 3.63) is 34.6 Å². The van der Waals surface area contributed by atoms with Gasteiger partial charge in [0.15, 0.2) is 11.5 Å². The highest BCUT2D eigenvalue weighted by Gasteiger charge is 2.29. The van der Waals surface area contributed by atoms with Crippen molar-refractivity contribution in [3.63, 3.8) is 0 Å². The summed E-state index contributed by atoms with van der Waals surface area (Å²) in [6, 6.07) is 3.27. The van der Waals surface area contributed by atoms with Crippen molar-refractivity contribution >= 4 is 11.6 Å². The van der Waals surface area contributed by atoms with E-state index in [1.54, 1.807) is 12.1 Å². The Morgan fingerprint density at radius 1 is 1.45 bits per heavy atom. The Kier molecular flexibility index (Phi) is 2.62. The topological polar surface area (TPSA) is 116 Å². The molecule has 112 valence electrons. The molecule has 9 nitrogen and oxygen atoms in total. The molecule has 1 N–H and O–H groups in total. The van der Waals surface area contributed by atoms with Crippen molar-refractivity contribution in [2.45, 2.75) is 25.3 Å². The van der Waals surface area contributed by atoms with E-state index in [2.05, 4.69) is 15.2 Å². The Balaban J connectivity index is 1.75. The Bertz CT molecular complexity index is 933. The van der Waals surface area contributed by atoms with Crippen LogP contribution in [0.5, 0.6) is 0 Å². The number of pyridine rings is 1. The van der Waals surface area contributed by atoms with Gasteiger partial charge in [0.25, 0.3) is 5.89 Å². The molecular weight excluding hydrogens is 290 g/mol. The van der Waals surface area contributed by atoms with Gasteiger partial charge in [-0.05, 0) is 25.0 Å². The van der Waals surface area contributed by atoms with E-state index >= 15 is 0 Å². The number of rotatable bonds is 4. The summed E-state index contributed by atoms with van der Waals surface area (Å²) in [5.41, 5.74) is 0.461. The molecule has 3 heterocycles. The molecule has 1 aliphatic carbocycles. The molecule has 1 fully saturated rings. The third-order valence-electron chi connectivity index (χ3n) is 3.50. The van der Waals surface area contributed by atoms with E-state index in [0.717, 1.165) is 17.5 Å². The minimum Gasteiger partial charge on any atom is -0.480 e. The second-order valence-electron chi connectivity index (χ2n) is 5.21. The minimum absolute atomic E-state index is 0.329. The SMILES string of the molecule is O=C(O)Cn1nc2cc(-c3nc(C4CC4)no3)ccn2c1=O. The normalized spacial score (nSPS) is 14.5. The number of fused-ring (bicyclic) bond motifs is 1. The van der Waals surface area contributed by atoms with Gasteiger partial charge in [-0.15, -0.1) is 5.10 Å². The number of carbonyl (C=O) groups is 1. The van der Waals surface area contributed by atoms with E-state index in [1.165, 1.54) is 10.6 Å². The van der Waals surface area contributed by atoms with Crippen LogP contribution in [0.1, 0.15) is 24.6 Å². The highest BCUT2D eigenvalue weighted by molar-refractivity contribution is 5.66. The fourth-order valence-electron chi connectivity index (χ4n) is 2.24. The lowest BCUT2D eigenvalue weighted by Crippen LogP contribution is -2.24. The molecule has 3 aromatic heterocycles. The van der Waals surface area contributed by atoms with Crippen molar-refractivity contribution in [1.29, 1.82) is 0 Å². The van der Waals surface area contributed by atoms with Crippen molar-refractivity contribution in [2.75, 3.05) is 0 Å². The number of aromatic nitrogens is 5. The number of aliphatic carboxylic acids is 1. The fraction of sp³-hybridized carbons (Fsp3) is 0.308. The minimum atomic E-state index is -1.13. The van der Waals surface area contributed by atoms with E-state index in [1.807, 2.05) is 0 Å². The van der Waals surface area contributed by atoms with Crippen LogP contribution in [0, 0.1) is 0 Å². The second-order valence-corrected chi connectivity index (χ2v) is 5.21.